The fourth-order valence-electron chi connectivity index (χ4n) is 7.86. The number of ether oxygens (including phenoxy) is 1. The van der Waals surface area contributed by atoms with E-state index in [4.69, 9.17) is 4.74 Å². The van der Waals surface area contributed by atoms with Crippen LogP contribution in [0.5, 0.6) is 11.5 Å². The Kier molecular flexibility index (Phi) is 8.89. The molecule has 0 N–H and O–H groups in total. The fraction of sp³-hybridized carbons (Fsp3) is 0.0800. The van der Waals surface area contributed by atoms with Crippen LogP contribution in [-0.4, -0.2) is 16.6 Å². The van der Waals surface area contributed by atoms with E-state index in [1.54, 1.807) is 12.4 Å². The average Bonchev–Trinajstić information content (AvgIpc) is 3.61. The molecule has 0 spiro atoms. The van der Waals surface area contributed by atoms with Gasteiger partial charge in [-0.1, -0.05) is 96.6 Å². The Morgan fingerprint density at radius 2 is 1.00 bits per heavy atom. The first-order valence-electron chi connectivity index (χ1n) is 18.7. The van der Waals surface area contributed by atoms with Gasteiger partial charge in [-0.25, -0.2) is 0 Å². The molecule has 0 aliphatic carbocycles. The van der Waals surface area contributed by atoms with Crippen molar-refractivity contribution in [2.75, 3.05) is 16.5 Å². The Morgan fingerprint density at radius 1 is 0.436 bits per heavy atom. The molecule has 0 amide bonds. The van der Waals surface area contributed by atoms with E-state index < -0.39 is 0 Å². The predicted octanol–water partition coefficient (Wildman–Crippen LogP) is 13.1. The second-order valence-corrected chi connectivity index (χ2v) is 14.2. The van der Waals surface area contributed by atoms with Crippen LogP contribution in [0.4, 0.5) is 22.7 Å². The molecule has 0 atom stereocenters. The first-order valence-corrected chi connectivity index (χ1v) is 18.7. The summed E-state index contributed by atoms with van der Waals surface area (Å²) < 4.78 is 6.73. The van der Waals surface area contributed by atoms with Crippen LogP contribution in [0.25, 0.3) is 44.8 Å². The number of aryl methyl sites for hydroxylation is 3. The van der Waals surface area contributed by atoms with E-state index in [1.165, 1.54) is 44.5 Å². The number of benzene rings is 6. The molecule has 266 valence electrons. The van der Waals surface area contributed by atoms with Crippen LogP contribution >= 0.6 is 0 Å². The summed E-state index contributed by atoms with van der Waals surface area (Å²) in [6.07, 6.45) is 3.56. The Bertz CT molecular complexity index is 2560. The minimum Gasteiger partial charge on any atom is -0.457 e. The van der Waals surface area contributed by atoms with Gasteiger partial charge in [-0.2, -0.15) is 0 Å². The highest BCUT2D eigenvalue weighted by molar-refractivity contribution is 5.91. The van der Waals surface area contributed by atoms with E-state index in [2.05, 4.69) is 174 Å². The zero-order valence-electron chi connectivity index (χ0n) is 31.1. The molecule has 0 radical (unpaired) electrons. The number of pyridine rings is 2. The molecule has 8 aromatic rings. The number of para-hydroxylation sites is 2. The minimum absolute atomic E-state index is 0.625. The zero-order valence-corrected chi connectivity index (χ0v) is 31.1. The molecule has 0 bridgehead atoms. The molecule has 0 unspecified atom stereocenters. The first kappa shape index (κ1) is 33.8. The standard InChI is InChI=1S/C50H40N4O/c1-34-24-35(2)50(36(3)25-34)41-29-43(31-45(30-41)55-44-21-23-52-47(32-44)46-18-12-13-22-51-46)54-33-53(48-19-10-11-20-49(48)54)42-27-39(37-14-6-4-7-15-37)26-40(28-42)38-16-8-5-9-17-38/h4-32H,33H2,1-3H3. The molecule has 3 heterocycles. The van der Waals surface area contributed by atoms with E-state index in [0.717, 1.165) is 45.5 Å². The second kappa shape index (κ2) is 14.4. The van der Waals surface area contributed by atoms with Gasteiger partial charge in [-0.15, -0.1) is 0 Å². The van der Waals surface area contributed by atoms with Crippen LogP contribution in [0.15, 0.2) is 176 Å². The summed E-state index contributed by atoms with van der Waals surface area (Å²) in [6, 6.07) is 57.7. The quantitative estimate of drug-likeness (QED) is 0.157. The molecule has 5 nitrogen and oxygen atoms in total. The Hall–Kier alpha value is -6.98. The molecule has 55 heavy (non-hydrogen) atoms. The molecular formula is C50H40N4O. The molecule has 0 saturated heterocycles. The number of anilines is 4. The van der Waals surface area contributed by atoms with Crippen LogP contribution in [0.2, 0.25) is 0 Å². The number of hydrogen-bond donors (Lipinski definition) is 0. The van der Waals surface area contributed by atoms with E-state index in [1.807, 2.05) is 30.3 Å². The lowest BCUT2D eigenvalue weighted by Gasteiger charge is -2.25. The van der Waals surface area contributed by atoms with Gasteiger partial charge in [-0.3, -0.25) is 9.97 Å². The van der Waals surface area contributed by atoms with E-state index >= 15 is 0 Å². The van der Waals surface area contributed by atoms with Crippen molar-refractivity contribution >= 4 is 22.7 Å². The van der Waals surface area contributed by atoms with Crippen LogP contribution in [-0.2, 0) is 0 Å². The minimum atomic E-state index is 0.625. The van der Waals surface area contributed by atoms with Crippen LogP contribution < -0.4 is 14.5 Å². The van der Waals surface area contributed by atoms with Gasteiger partial charge in [-0.05, 0) is 126 Å². The number of fused-ring (bicyclic) bond motifs is 1. The molecule has 2 aromatic heterocycles. The lowest BCUT2D eigenvalue weighted by atomic mass is 9.93. The van der Waals surface area contributed by atoms with E-state index in [9.17, 15) is 0 Å². The predicted molar refractivity (Wildman–Crippen MR) is 227 cm³/mol. The van der Waals surface area contributed by atoms with Gasteiger partial charge in [0.2, 0.25) is 0 Å². The Morgan fingerprint density at radius 3 is 1.62 bits per heavy atom. The lowest BCUT2D eigenvalue weighted by Crippen LogP contribution is -2.24. The molecular weight excluding hydrogens is 673 g/mol. The van der Waals surface area contributed by atoms with Crippen molar-refractivity contribution in [2.24, 2.45) is 0 Å². The maximum atomic E-state index is 6.73. The lowest BCUT2D eigenvalue weighted by molar-refractivity contribution is 0.482. The third-order valence-electron chi connectivity index (χ3n) is 10.3. The fourth-order valence-corrected chi connectivity index (χ4v) is 7.86. The average molecular weight is 713 g/mol. The van der Waals surface area contributed by atoms with Crippen molar-refractivity contribution in [3.8, 4) is 56.3 Å². The molecule has 0 saturated carbocycles. The van der Waals surface area contributed by atoms with E-state index in [0.29, 0.717) is 12.4 Å². The van der Waals surface area contributed by atoms with Gasteiger partial charge in [0.05, 0.1) is 22.8 Å². The first-order chi connectivity index (χ1) is 27.0. The van der Waals surface area contributed by atoms with E-state index in [-0.39, 0.29) is 0 Å². The molecule has 5 heteroatoms. The third-order valence-corrected chi connectivity index (χ3v) is 10.3. The van der Waals surface area contributed by atoms with Crippen molar-refractivity contribution in [1.82, 2.24) is 9.97 Å². The number of hydrogen-bond acceptors (Lipinski definition) is 5. The molecule has 0 fully saturated rings. The van der Waals surface area contributed by atoms with Gasteiger partial charge >= 0.3 is 0 Å². The summed E-state index contributed by atoms with van der Waals surface area (Å²) in [5.74, 6) is 1.45. The van der Waals surface area contributed by atoms with Gasteiger partial charge in [0.15, 0.2) is 0 Å². The molecule has 9 rings (SSSR count). The smallest absolute Gasteiger partial charge is 0.131 e. The highest BCUT2D eigenvalue weighted by Gasteiger charge is 2.29. The maximum Gasteiger partial charge on any atom is 0.131 e. The SMILES string of the molecule is Cc1cc(C)c(-c2cc(Oc3ccnc(-c4ccccn4)c3)cc(N3CN(c4cc(-c5ccccc5)cc(-c5ccccc5)c4)c4ccccc43)c2)c(C)c1. The Balaban J connectivity index is 1.16. The normalized spacial score (nSPS) is 12.1. The highest BCUT2D eigenvalue weighted by atomic mass is 16.5. The summed E-state index contributed by atoms with van der Waals surface area (Å²) in [6.45, 7) is 7.17. The number of nitrogens with zero attached hydrogens (tertiary/aromatic N) is 4. The van der Waals surface area contributed by atoms with Crippen molar-refractivity contribution in [3.05, 3.63) is 193 Å². The highest BCUT2D eigenvalue weighted by Crippen LogP contribution is 2.47. The van der Waals surface area contributed by atoms with Crippen molar-refractivity contribution in [3.63, 3.8) is 0 Å². The molecule has 6 aromatic carbocycles. The summed E-state index contributed by atoms with van der Waals surface area (Å²) in [7, 11) is 0. The van der Waals surface area contributed by atoms with Crippen LogP contribution in [0, 0.1) is 20.8 Å². The maximum absolute atomic E-state index is 6.73. The van der Waals surface area contributed by atoms with Crippen molar-refractivity contribution in [1.29, 1.82) is 0 Å². The number of aromatic nitrogens is 2. The van der Waals surface area contributed by atoms with Crippen molar-refractivity contribution < 1.29 is 4.74 Å². The summed E-state index contributed by atoms with van der Waals surface area (Å²) in [5, 5.41) is 0. The topological polar surface area (TPSA) is 41.5 Å². The molecule has 1 aliphatic heterocycles. The van der Waals surface area contributed by atoms with Gasteiger partial charge in [0.25, 0.3) is 0 Å². The number of rotatable bonds is 8. The summed E-state index contributed by atoms with van der Waals surface area (Å²) in [4.78, 5) is 13.9. The summed E-state index contributed by atoms with van der Waals surface area (Å²) >= 11 is 0. The largest absolute Gasteiger partial charge is 0.457 e. The third kappa shape index (κ3) is 6.84. The van der Waals surface area contributed by atoms with Gasteiger partial charge in [0.1, 0.15) is 18.2 Å². The Labute approximate surface area is 322 Å². The summed E-state index contributed by atoms with van der Waals surface area (Å²) in [5.41, 5.74) is 16.8. The van der Waals surface area contributed by atoms with Gasteiger partial charge < -0.3 is 14.5 Å². The molecule has 1 aliphatic rings. The van der Waals surface area contributed by atoms with Crippen LogP contribution in [0.1, 0.15) is 16.7 Å². The zero-order chi connectivity index (χ0) is 37.3. The monoisotopic (exact) mass is 712 g/mol. The van der Waals surface area contributed by atoms with Crippen molar-refractivity contribution in [2.45, 2.75) is 20.8 Å². The van der Waals surface area contributed by atoms with Crippen LogP contribution in [0.3, 0.4) is 0 Å². The second-order valence-electron chi connectivity index (χ2n) is 14.2. The van der Waals surface area contributed by atoms with Gasteiger partial charge in [0, 0.05) is 35.9 Å².